The van der Waals surface area contributed by atoms with Crippen LogP contribution in [0.2, 0.25) is 0 Å². The Bertz CT molecular complexity index is 473. The van der Waals surface area contributed by atoms with Crippen molar-refractivity contribution in [1.29, 1.82) is 0 Å². The number of nitrogens with one attached hydrogen (secondary N) is 1. The standard InChI is InChI=1S/C13H21N3O3S/c1-4-19-13(18)11(8-20)14-12(17)5-6-16-10(3)7-9(2)15-16/h7,11,20H,4-6,8H2,1-3H3,(H,14,17)/t11-/m0/s1. The van der Waals surface area contributed by atoms with E-state index in [1.807, 2.05) is 19.9 Å². The van der Waals surface area contributed by atoms with E-state index in [4.69, 9.17) is 4.74 Å². The number of rotatable bonds is 7. The van der Waals surface area contributed by atoms with Crippen LogP contribution in [0.25, 0.3) is 0 Å². The van der Waals surface area contributed by atoms with Gasteiger partial charge in [0.25, 0.3) is 0 Å². The molecule has 7 heteroatoms. The molecule has 1 aromatic rings. The highest BCUT2D eigenvalue weighted by Gasteiger charge is 2.20. The Hall–Kier alpha value is -1.50. The summed E-state index contributed by atoms with van der Waals surface area (Å²) in [6.45, 7) is 6.32. The number of thiol groups is 1. The average Bonchev–Trinajstić information content (AvgIpc) is 2.72. The van der Waals surface area contributed by atoms with E-state index >= 15 is 0 Å². The van der Waals surface area contributed by atoms with Crippen molar-refractivity contribution in [1.82, 2.24) is 15.1 Å². The van der Waals surface area contributed by atoms with E-state index in [9.17, 15) is 9.59 Å². The molecule has 0 radical (unpaired) electrons. The van der Waals surface area contributed by atoms with Gasteiger partial charge in [-0.15, -0.1) is 0 Å². The van der Waals surface area contributed by atoms with Gasteiger partial charge in [0.1, 0.15) is 6.04 Å². The van der Waals surface area contributed by atoms with Crippen molar-refractivity contribution >= 4 is 24.5 Å². The van der Waals surface area contributed by atoms with Gasteiger partial charge in [0.15, 0.2) is 0 Å². The first-order valence-electron chi connectivity index (χ1n) is 6.55. The molecular weight excluding hydrogens is 278 g/mol. The van der Waals surface area contributed by atoms with Crippen molar-refractivity contribution in [2.24, 2.45) is 0 Å². The second-order valence-electron chi connectivity index (χ2n) is 4.45. The van der Waals surface area contributed by atoms with E-state index in [0.717, 1.165) is 11.4 Å². The Morgan fingerprint density at radius 2 is 2.20 bits per heavy atom. The van der Waals surface area contributed by atoms with Crippen LogP contribution in [0.15, 0.2) is 6.07 Å². The molecule has 0 saturated heterocycles. The molecule has 1 aromatic heterocycles. The lowest BCUT2D eigenvalue weighted by molar-refractivity contribution is -0.146. The van der Waals surface area contributed by atoms with Gasteiger partial charge in [-0.25, -0.2) is 4.79 Å². The molecule has 20 heavy (non-hydrogen) atoms. The number of hydrogen-bond acceptors (Lipinski definition) is 5. The van der Waals surface area contributed by atoms with Crippen LogP contribution >= 0.6 is 12.6 Å². The van der Waals surface area contributed by atoms with Gasteiger partial charge < -0.3 is 10.1 Å². The van der Waals surface area contributed by atoms with Crippen molar-refractivity contribution in [3.63, 3.8) is 0 Å². The number of nitrogens with zero attached hydrogens (tertiary/aromatic N) is 2. The molecule has 1 heterocycles. The number of esters is 1. The van der Waals surface area contributed by atoms with Gasteiger partial charge in [0.05, 0.1) is 12.3 Å². The summed E-state index contributed by atoms with van der Waals surface area (Å²) in [6, 6.07) is 1.25. The van der Waals surface area contributed by atoms with E-state index in [1.54, 1.807) is 11.6 Å². The molecule has 0 spiro atoms. The monoisotopic (exact) mass is 299 g/mol. The summed E-state index contributed by atoms with van der Waals surface area (Å²) < 4.78 is 6.63. The Kier molecular flexibility index (Phi) is 6.57. The largest absolute Gasteiger partial charge is 0.464 e. The quantitative estimate of drug-likeness (QED) is 0.579. The fourth-order valence-electron chi connectivity index (χ4n) is 1.80. The van der Waals surface area contributed by atoms with Crippen LogP contribution in [0.4, 0.5) is 0 Å². The fraction of sp³-hybridized carbons (Fsp3) is 0.615. The molecule has 1 rings (SSSR count). The summed E-state index contributed by atoms with van der Waals surface area (Å²) in [5.74, 6) is -0.462. The summed E-state index contributed by atoms with van der Waals surface area (Å²) >= 11 is 4.05. The molecule has 1 amide bonds. The van der Waals surface area contributed by atoms with E-state index in [2.05, 4.69) is 23.0 Å². The number of aromatic nitrogens is 2. The molecule has 0 aliphatic carbocycles. The molecule has 0 bridgehead atoms. The van der Waals surface area contributed by atoms with Crippen LogP contribution in [-0.4, -0.2) is 40.1 Å². The van der Waals surface area contributed by atoms with Gasteiger partial charge in [0, 0.05) is 24.4 Å². The second-order valence-corrected chi connectivity index (χ2v) is 4.82. The number of amides is 1. The second kappa shape index (κ2) is 7.94. The Morgan fingerprint density at radius 3 is 2.70 bits per heavy atom. The lowest BCUT2D eigenvalue weighted by atomic mass is 10.3. The van der Waals surface area contributed by atoms with Crippen LogP contribution in [-0.2, 0) is 20.9 Å². The van der Waals surface area contributed by atoms with Gasteiger partial charge in [-0.05, 0) is 26.8 Å². The summed E-state index contributed by atoms with van der Waals surface area (Å²) in [5.41, 5.74) is 1.93. The summed E-state index contributed by atoms with van der Waals surface area (Å²) in [4.78, 5) is 23.4. The first kappa shape index (κ1) is 16.6. The number of hydrogen-bond donors (Lipinski definition) is 2. The van der Waals surface area contributed by atoms with Gasteiger partial charge in [0.2, 0.25) is 5.91 Å². The van der Waals surface area contributed by atoms with Crippen LogP contribution in [0.5, 0.6) is 0 Å². The topological polar surface area (TPSA) is 73.2 Å². The van der Waals surface area contributed by atoms with Gasteiger partial charge >= 0.3 is 5.97 Å². The van der Waals surface area contributed by atoms with Gasteiger partial charge in [-0.2, -0.15) is 17.7 Å². The molecule has 0 saturated carbocycles. The number of aryl methyl sites for hydroxylation is 3. The lowest BCUT2D eigenvalue weighted by Gasteiger charge is -2.15. The zero-order valence-corrected chi connectivity index (χ0v) is 12.9. The molecular formula is C13H21N3O3S. The fourth-order valence-corrected chi connectivity index (χ4v) is 2.04. The first-order chi connectivity index (χ1) is 9.47. The number of carbonyl (C=O) groups is 2. The highest BCUT2D eigenvalue weighted by molar-refractivity contribution is 7.80. The van der Waals surface area contributed by atoms with Crippen LogP contribution < -0.4 is 5.32 Å². The Morgan fingerprint density at radius 1 is 1.50 bits per heavy atom. The van der Waals surface area contributed by atoms with E-state index < -0.39 is 12.0 Å². The SMILES string of the molecule is CCOC(=O)[C@H](CS)NC(=O)CCn1nc(C)cc1C. The Labute approximate surface area is 124 Å². The molecule has 1 N–H and O–H groups in total. The Balaban J connectivity index is 2.46. The van der Waals surface area contributed by atoms with Crippen LogP contribution in [0, 0.1) is 13.8 Å². The maximum Gasteiger partial charge on any atom is 0.329 e. The average molecular weight is 299 g/mol. The molecule has 0 fully saturated rings. The highest BCUT2D eigenvalue weighted by atomic mass is 32.1. The molecule has 112 valence electrons. The predicted molar refractivity (Wildman–Crippen MR) is 78.7 cm³/mol. The third-order valence-corrected chi connectivity index (χ3v) is 3.11. The van der Waals surface area contributed by atoms with Gasteiger partial charge in [-0.3, -0.25) is 9.48 Å². The molecule has 0 aliphatic heterocycles. The molecule has 0 unspecified atom stereocenters. The summed E-state index contributed by atoms with van der Waals surface area (Å²) in [5, 5.41) is 6.89. The van der Waals surface area contributed by atoms with Crippen LogP contribution in [0.1, 0.15) is 24.7 Å². The first-order valence-corrected chi connectivity index (χ1v) is 7.19. The maximum atomic E-state index is 11.8. The number of ether oxygens (including phenoxy) is 1. The molecule has 6 nitrogen and oxygen atoms in total. The van der Waals surface area contributed by atoms with Crippen molar-refractivity contribution < 1.29 is 14.3 Å². The highest BCUT2D eigenvalue weighted by Crippen LogP contribution is 2.03. The maximum absolute atomic E-state index is 11.8. The summed E-state index contributed by atoms with van der Waals surface area (Å²) in [6.07, 6.45) is 0.256. The molecule has 0 aliphatic rings. The molecule has 1 atom stereocenters. The van der Waals surface area contributed by atoms with E-state index in [1.165, 1.54) is 0 Å². The van der Waals surface area contributed by atoms with Crippen LogP contribution in [0.3, 0.4) is 0 Å². The third kappa shape index (κ3) is 4.88. The van der Waals surface area contributed by atoms with Crippen molar-refractivity contribution in [2.75, 3.05) is 12.4 Å². The van der Waals surface area contributed by atoms with Crippen molar-refractivity contribution in [3.05, 3.63) is 17.5 Å². The van der Waals surface area contributed by atoms with Crippen molar-refractivity contribution in [2.45, 2.75) is 39.8 Å². The summed E-state index contributed by atoms with van der Waals surface area (Å²) in [7, 11) is 0. The van der Waals surface area contributed by atoms with Crippen molar-refractivity contribution in [3.8, 4) is 0 Å². The normalized spacial score (nSPS) is 12.0. The predicted octanol–water partition coefficient (Wildman–Crippen LogP) is 0.868. The minimum atomic E-state index is -0.703. The zero-order valence-electron chi connectivity index (χ0n) is 12.0. The lowest BCUT2D eigenvalue weighted by Crippen LogP contribution is -2.43. The van der Waals surface area contributed by atoms with E-state index in [-0.39, 0.29) is 24.7 Å². The third-order valence-electron chi connectivity index (χ3n) is 2.74. The molecule has 0 aromatic carbocycles. The van der Waals surface area contributed by atoms with E-state index in [0.29, 0.717) is 6.54 Å². The minimum Gasteiger partial charge on any atom is -0.464 e. The smallest absolute Gasteiger partial charge is 0.329 e. The number of carbonyl (C=O) groups excluding carboxylic acids is 2. The zero-order chi connectivity index (χ0) is 15.1. The van der Waals surface area contributed by atoms with Gasteiger partial charge in [-0.1, -0.05) is 0 Å². The minimum absolute atomic E-state index is 0.213.